The van der Waals surface area contributed by atoms with Crippen LogP contribution in [0.25, 0.3) is 0 Å². The minimum atomic E-state index is -0.858. The Labute approximate surface area is 108 Å². The van der Waals surface area contributed by atoms with Gasteiger partial charge in [-0.05, 0) is 19.8 Å². The summed E-state index contributed by atoms with van der Waals surface area (Å²) in [6, 6.07) is 0. The lowest BCUT2D eigenvalue weighted by Gasteiger charge is -2.31. The highest BCUT2D eigenvalue weighted by Crippen LogP contribution is 2.17. The highest BCUT2D eigenvalue weighted by atomic mass is 16.7. The van der Waals surface area contributed by atoms with Crippen molar-refractivity contribution in [1.29, 1.82) is 0 Å². The highest BCUT2D eigenvalue weighted by molar-refractivity contribution is 5.84. The number of carbonyl (C=O) groups excluding carboxylic acids is 1. The van der Waals surface area contributed by atoms with Crippen LogP contribution < -0.4 is 11.1 Å². The van der Waals surface area contributed by atoms with E-state index in [1.165, 1.54) is 14.2 Å². The fraction of sp³-hybridized carbons (Fsp3) is 0.917. The molecule has 106 valence electrons. The van der Waals surface area contributed by atoms with E-state index in [1.54, 1.807) is 6.92 Å². The number of hydrogen-bond acceptors (Lipinski definition) is 5. The van der Waals surface area contributed by atoms with E-state index in [2.05, 4.69) is 5.32 Å². The van der Waals surface area contributed by atoms with Gasteiger partial charge in [0, 0.05) is 33.8 Å². The van der Waals surface area contributed by atoms with Gasteiger partial charge < -0.3 is 25.3 Å². The predicted molar refractivity (Wildman–Crippen MR) is 67.0 cm³/mol. The van der Waals surface area contributed by atoms with Crippen molar-refractivity contribution in [3.05, 3.63) is 0 Å². The number of nitrogens with one attached hydrogen (secondary N) is 1. The van der Waals surface area contributed by atoms with Gasteiger partial charge in [0.2, 0.25) is 5.91 Å². The molecule has 1 amide bonds. The topological polar surface area (TPSA) is 82.8 Å². The first-order valence-corrected chi connectivity index (χ1v) is 6.24. The molecule has 18 heavy (non-hydrogen) atoms. The van der Waals surface area contributed by atoms with Crippen LogP contribution in [0.15, 0.2) is 0 Å². The number of carbonyl (C=O) groups is 1. The van der Waals surface area contributed by atoms with Crippen LogP contribution in [0.4, 0.5) is 0 Å². The van der Waals surface area contributed by atoms with Gasteiger partial charge in [-0.25, -0.2) is 0 Å². The number of amides is 1. The van der Waals surface area contributed by atoms with Crippen LogP contribution in [0, 0.1) is 0 Å². The molecule has 1 rings (SSSR count). The Balaban J connectivity index is 2.52. The molecule has 1 aliphatic rings. The first kappa shape index (κ1) is 15.4. The summed E-state index contributed by atoms with van der Waals surface area (Å²) in [5, 5.41) is 3.18. The van der Waals surface area contributed by atoms with Gasteiger partial charge in [-0.3, -0.25) is 4.79 Å². The third-order valence-corrected chi connectivity index (χ3v) is 3.39. The lowest BCUT2D eigenvalue weighted by molar-refractivity contribution is -0.138. The molecule has 1 heterocycles. The number of hydrogen-bond donors (Lipinski definition) is 2. The Kier molecular flexibility index (Phi) is 6.01. The fourth-order valence-electron chi connectivity index (χ4n) is 2.00. The largest absolute Gasteiger partial charge is 0.377 e. The molecule has 6 nitrogen and oxygen atoms in total. The molecule has 1 saturated heterocycles. The first-order chi connectivity index (χ1) is 8.51. The van der Waals surface area contributed by atoms with Gasteiger partial charge in [0.15, 0.2) is 6.29 Å². The molecule has 3 N–H and O–H groups in total. The maximum atomic E-state index is 11.6. The smallest absolute Gasteiger partial charge is 0.237 e. The van der Waals surface area contributed by atoms with E-state index in [1.807, 2.05) is 0 Å². The minimum absolute atomic E-state index is 0.159. The molecule has 2 unspecified atom stereocenters. The molecule has 1 fully saturated rings. The summed E-state index contributed by atoms with van der Waals surface area (Å²) in [4.78, 5) is 11.6. The van der Waals surface area contributed by atoms with Crippen molar-refractivity contribution in [2.75, 3.05) is 27.4 Å². The lowest BCUT2D eigenvalue weighted by Crippen LogP contribution is -2.56. The minimum Gasteiger partial charge on any atom is -0.377 e. The molecule has 0 bridgehead atoms. The summed E-state index contributed by atoms with van der Waals surface area (Å²) < 4.78 is 15.7. The van der Waals surface area contributed by atoms with Gasteiger partial charge in [0.05, 0.1) is 11.6 Å². The zero-order chi connectivity index (χ0) is 13.6. The van der Waals surface area contributed by atoms with Gasteiger partial charge in [-0.2, -0.15) is 0 Å². The van der Waals surface area contributed by atoms with E-state index in [0.29, 0.717) is 13.0 Å². The number of rotatable bonds is 8. The van der Waals surface area contributed by atoms with Crippen LogP contribution in [-0.2, 0) is 19.0 Å². The average molecular weight is 260 g/mol. The Hall–Kier alpha value is -0.690. The second-order valence-corrected chi connectivity index (χ2v) is 4.82. The third-order valence-electron chi connectivity index (χ3n) is 3.39. The summed E-state index contributed by atoms with van der Waals surface area (Å²) in [6.45, 7) is 3.16. The van der Waals surface area contributed by atoms with Crippen LogP contribution >= 0.6 is 0 Å². The van der Waals surface area contributed by atoms with E-state index in [4.69, 9.17) is 19.9 Å². The Morgan fingerprint density at radius 1 is 1.56 bits per heavy atom. The molecular weight excluding hydrogens is 236 g/mol. The number of ether oxygens (including phenoxy) is 3. The van der Waals surface area contributed by atoms with E-state index in [-0.39, 0.29) is 6.10 Å². The van der Waals surface area contributed by atoms with E-state index in [0.717, 1.165) is 19.4 Å². The molecular formula is C12H24N2O4. The molecule has 0 aliphatic carbocycles. The van der Waals surface area contributed by atoms with Gasteiger partial charge >= 0.3 is 0 Å². The summed E-state index contributed by atoms with van der Waals surface area (Å²) in [7, 11) is 3.07. The standard InChI is InChI=1S/C12H24N2O4/c1-12(11(13)15,7-10(16-2)17-3)14-8-9-5-4-6-18-9/h9-10,14H,4-8H2,1-3H3,(H2,13,15). The second-order valence-electron chi connectivity index (χ2n) is 4.82. The van der Waals surface area contributed by atoms with Crippen molar-refractivity contribution in [1.82, 2.24) is 5.32 Å². The van der Waals surface area contributed by atoms with E-state index >= 15 is 0 Å². The fourth-order valence-corrected chi connectivity index (χ4v) is 2.00. The highest BCUT2D eigenvalue weighted by Gasteiger charge is 2.35. The summed E-state index contributed by atoms with van der Waals surface area (Å²) in [6.07, 6.45) is 2.15. The molecule has 2 atom stereocenters. The maximum absolute atomic E-state index is 11.6. The number of nitrogens with two attached hydrogens (primary N) is 1. The average Bonchev–Trinajstić information content (AvgIpc) is 2.86. The molecule has 0 aromatic rings. The maximum Gasteiger partial charge on any atom is 0.237 e. The number of methoxy groups -OCH3 is 2. The van der Waals surface area contributed by atoms with Gasteiger partial charge in [0.25, 0.3) is 0 Å². The predicted octanol–water partition coefficient (Wildman–Crippen LogP) is 0.00800. The first-order valence-electron chi connectivity index (χ1n) is 6.24. The normalized spacial score (nSPS) is 23.2. The molecule has 1 aliphatic heterocycles. The van der Waals surface area contributed by atoms with Crippen LogP contribution in [-0.4, -0.2) is 51.2 Å². The SMILES string of the molecule is COC(CC(C)(NCC1CCCO1)C(N)=O)OC. The van der Waals surface area contributed by atoms with Crippen molar-refractivity contribution in [3.8, 4) is 0 Å². The monoisotopic (exact) mass is 260 g/mol. The zero-order valence-electron chi connectivity index (χ0n) is 11.4. The number of primary amides is 1. The Morgan fingerprint density at radius 2 is 2.22 bits per heavy atom. The molecule has 0 aromatic heterocycles. The van der Waals surface area contributed by atoms with Crippen molar-refractivity contribution in [3.63, 3.8) is 0 Å². The Morgan fingerprint density at radius 3 is 2.67 bits per heavy atom. The molecule has 0 radical (unpaired) electrons. The summed E-state index contributed by atoms with van der Waals surface area (Å²) in [5.41, 5.74) is 4.60. The van der Waals surface area contributed by atoms with Crippen molar-refractivity contribution in [2.24, 2.45) is 5.73 Å². The van der Waals surface area contributed by atoms with Crippen molar-refractivity contribution >= 4 is 5.91 Å². The van der Waals surface area contributed by atoms with Crippen molar-refractivity contribution in [2.45, 2.75) is 44.1 Å². The van der Waals surface area contributed by atoms with E-state index in [9.17, 15) is 4.79 Å². The van der Waals surface area contributed by atoms with Gasteiger partial charge in [-0.1, -0.05) is 0 Å². The lowest BCUT2D eigenvalue weighted by atomic mass is 9.96. The van der Waals surface area contributed by atoms with Crippen LogP contribution in [0.2, 0.25) is 0 Å². The molecule has 0 spiro atoms. The summed E-state index contributed by atoms with van der Waals surface area (Å²) in [5.74, 6) is -0.417. The van der Waals surface area contributed by atoms with Crippen LogP contribution in [0.1, 0.15) is 26.2 Å². The molecule has 6 heteroatoms. The Bertz CT molecular complexity index is 265. The quantitative estimate of drug-likeness (QED) is 0.601. The van der Waals surface area contributed by atoms with Gasteiger partial charge in [-0.15, -0.1) is 0 Å². The summed E-state index contributed by atoms with van der Waals surface area (Å²) >= 11 is 0. The second kappa shape index (κ2) is 7.04. The molecule has 0 aromatic carbocycles. The van der Waals surface area contributed by atoms with Crippen LogP contribution in [0.3, 0.4) is 0 Å². The molecule has 0 saturated carbocycles. The van der Waals surface area contributed by atoms with E-state index < -0.39 is 17.7 Å². The van der Waals surface area contributed by atoms with Crippen LogP contribution in [0.5, 0.6) is 0 Å². The zero-order valence-corrected chi connectivity index (χ0v) is 11.4. The van der Waals surface area contributed by atoms with Gasteiger partial charge in [0.1, 0.15) is 0 Å². The van der Waals surface area contributed by atoms with Crippen molar-refractivity contribution < 1.29 is 19.0 Å². The third kappa shape index (κ3) is 4.20.